The molecule has 2 aromatic rings. The maximum Gasteiger partial charge on any atom is 0.333 e. The van der Waals surface area contributed by atoms with Gasteiger partial charge in [-0.1, -0.05) is 29.8 Å². The molecule has 0 aromatic heterocycles. The van der Waals surface area contributed by atoms with Gasteiger partial charge in [0.15, 0.2) is 12.7 Å². The van der Waals surface area contributed by atoms with Crippen molar-refractivity contribution in [3.63, 3.8) is 0 Å². The molecule has 1 saturated heterocycles. The van der Waals surface area contributed by atoms with E-state index in [1.54, 1.807) is 29.2 Å². The molecule has 0 aliphatic carbocycles. The van der Waals surface area contributed by atoms with Crippen LogP contribution in [0, 0.1) is 0 Å². The number of piperazine rings is 1. The highest BCUT2D eigenvalue weighted by atomic mass is 35.5. The van der Waals surface area contributed by atoms with Crippen molar-refractivity contribution in [1.29, 1.82) is 0 Å². The summed E-state index contributed by atoms with van der Waals surface area (Å²) in [4.78, 5) is 27.5. The van der Waals surface area contributed by atoms with Crippen LogP contribution in [0.1, 0.15) is 5.56 Å². The average Bonchev–Trinajstić information content (AvgIpc) is 2.76. The number of aliphatic carboxylic acids is 1. The predicted molar refractivity (Wildman–Crippen MR) is 114 cm³/mol. The van der Waals surface area contributed by atoms with Crippen molar-refractivity contribution >= 4 is 29.2 Å². The van der Waals surface area contributed by atoms with E-state index in [2.05, 4.69) is 4.90 Å². The minimum Gasteiger partial charge on any atom is -0.484 e. The quantitative estimate of drug-likeness (QED) is 0.691. The van der Waals surface area contributed by atoms with Gasteiger partial charge in [-0.3, -0.25) is 4.79 Å². The number of carbonyl (C=O) groups is 2. The Morgan fingerprint density at radius 3 is 2.40 bits per heavy atom. The fourth-order valence-electron chi connectivity index (χ4n) is 3.33. The smallest absolute Gasteiger partial charge is 0.333 e. The number of hydrogen-bond donors (Lipinski definition) is 1. The number of nitrogens with zero attached hydrogens (tertiary/aromatic N) is 2. The zero-order chi connectivity index (χ0) is 21.5. The number of methoxy groups -OCH3 is 1. The number of rotatable bonds is 8. The van der Waals surface area contributed by atoms with Gasteiger partial charge in [0.25, 0.3) is 5.91 Å². The lowest BCUT2D eigenvalue weighted by molar-refractivity contribution is -0.148. The Balaban J connectivity index is 1.45. The van der Waals surface area contributed by atoms with Crippen molar-refractivity contribution in [3.05, 3.63) is 59.1 Å². The van der Waals surface area contributed by atoms with Crippen LogP contribution >= 0.6 is 11.6 Å². The van der Waals surface area contributed by atoms with Crippen LogP contribution in [0.15, 0.2) is 48.5 Å². The first kappa shape index (κ1) is 21.9. The standard InChI is InChI=1S/C22H25ClN2O5/c1-29-20(22(27)28)13-16-5-7-19(8-6-16)30-15-21(26)25-11-9-24(10-12-25)18-4-2-3-17(23)14-18/h2-8,14,20H,9-13,15H2,1H3,(H,27,28)/t20-/m0/s1. The van der Waals surface area contributed by atoms with Crippen LogP contribution in [0.3, 0.4) is 0 Å². The molecule has 2 aromatic carbocycles. The third kappa shape index (κ3) is 5.87. The number of carbonyl (C=O) groups excluding carboxylic acids is 1. The Morgan fingerprint density at radius 1 is 1.10 bits per heavy atom. The van der Waals surface area contributed by atoms with Crippen LogP contribution in [0.2, 0.25) is 5.02 Å². The lowest BCUT2D eigenvalue weighted by Gasteiger charge is -2.36. The summed E-state index contributed by atoms with van der Waals surface area (Å²) in [5, 5.41) is 9.75. The zero-order valence-corrected chi connectivity index (χ0v) is 17.5. The van der Waals surface area contributed by atoms with E-state index in [9.17, 15) is 9.59 Å². The summed E-state index contributed by atoms with van der Waals surface area (Å²) >= 11 is 6.06. The van der Waals surface area contributed by atoms with Gasteiger partial charge in [-0.15, -0.1) is 0 Å². The Bertz CT molecular complexity index is 866. The van der Waals surface area contributed by atoms with Gasteiger partial charge in [0, 0.05) is 50.4 Å². The minimum atomic E-state index is -1.00. The van der Waals surface area contributed by atoms with E-state index in [-0.39, 0.29) is 18.9 Å². The van der Waals surface area contributed by atoms with Gasteiger partial charge in [-0.05, 0) is 35.9 Å². The second-order valence-electron chi connectivity index (χ2n) is 7.05. The van der Waals surface area contributed by atoms with Crippen molar-refractivity contribution in [2.45, 2.75) is 12.5 Å². The third-order valence-corrected chi connectivity index (χ3v) is 5.31. The van der Waals surface area contributed by atoms with E-state index >= 15 is 0 Å². The van der Waals surface area contributed by atoms with Crippen molar-refractivity contribution < 1.29 is 24.2 Å². The second-order valence-corrected chi connectivity index (χ2v) is 7.48. The molecule has 3 rings (SSSR count). The molecule has 0 bridgehead atoms. The highest BCUT2D eigenvalue weighted by Crippen LogP contribution is 2.21. The van der Waals surface area contributed by atoms with Gasteiger partial charge >= 0.3 is 5.97 Å². The molecule has 160 valence electrons. The maximum absolute atomic E-state index is 12.5. The molecule has 30 heavy (non-hydrogen) atoms. The zero-order valence-electron chi connectivity index (χ0n) is 16.8. The molecule has 1 amide bonds. The molecular weight excluding hydrogens is 408 g/mol. The first-order valence-electron chi connectivity index (χ1n) is 9.72. The molecule has 0 spiro atoms. The Morgan fingerprint density at radius 2 is 1.80 bits per heavy atom. The molecule has 0 unspecified atom stereocenters. The molecule has 1 N–H and O–H groups in total. The SMILES string of the molecule is CO[C@@H](Cc1ccc(OCC(=O)N2CCN(c3cccc(Cl)c3)CC2)cc1)C(=O)O. The van der Waals surface area contributed by atoms with E-state index in [0.717, 1.165) is 24.3 Å². The van der Waals surface area contributed by atoms with Gasteiger partial charge in [-0.25, -0.2) is 4.79 Å². The van der Waals surface area contributed by atoms with Gasteiger partial charge in [0.2, 0.25) is 0 Å². The number of halogens is 1. The molecule has 7 nitrogen and oxygen atoms in total. The van der Waals surface area contributed by atoms with Crippen molar-refractivity contribution in [2.24, 2.45) is 0 Å². The Labute approximate surface area is 180 Å². The summed E-state index contributed by atoms with van der Waals surface area (Å²) < 4.78 is 10.6. The van der Waals surface area contributed by atoms with E-state index < -0.39 is 12.1 Å². The maximum atomic E-state index is 12.5. The van der Waals surface area contributed by atoms with Crippen LogP contribution < -0.4 is 9.64 Å². The number of carboxylic acid groups (broad SMARTS) is 1. The molecule has 1 atom stereocenters. The van der Waals surface area contributed by atoms with Crippen LogP contribution in [0.4, 0.5) is 5.69 Å². The first-order valence-corrected chi connectivity index (χ1v) is 10.1. The first-order chi connectivity index (χ1) is 14.5. The van der Waals surface area contributed by atoms with E-state index in [4.69, 9.17) is 26.2 Å². The lowest BCUT2D eigenvalue weighted by atomic mass is 10.1. The second kappa shape index (κ2) is 10.3. The number of ether oxygens (including phenoxy) is 2. The van der Waals surface area contributed by atoms with Crippen LogP contribution in [-0.2, 0) is 20.7 Å². The van der Waals surface area contributed by atoms with Gasteiger partial charge in [0.1, 0.15) is 5.75 Å². The highest BCUT2D eigenvalue weighted by molar-refractivity contribution is 6.30. The van der Waals surface area contributed by atoms with Gasteiger partial charge in [0.05, 0.1) is 0 Å². The van der Waals surface area contributed by atoms with Crippen LogP contribution in [0.25, 0.3) is 0 Å². The molecule has 1 heterocycles. The summed E-state index contributed by atoms with van der Waals surface area (Å²) in [7, 11) is 1.37. The molecule has 1 aliphatic rings. The summed E-state index contributed by atoms with van der Waals surface area (Å²) in [5.41, 5.74) is 1.88. The van der Waals surface area contributed by atoms with Crippen LogP contribution in [-0.4, -0.2) is 67.9 Å². The summed E-state index contributed by atoms with van der Waals surface area (Å²) in [6.45, 7) is 2.70. The fourth-order valence-corrected chi connectivity index (χ4v) is 3.52. The normalized spacial score (nSPS) is 15.0. The number of benzene rings is 2. The number of amides is 1. The Hall–Kier alpha value is -2.77. The summed E-state index contributed by atoms with van der Waals surface area (Å²) in [6, 6.07) is 14.7. The van der Waals surface area contributed by atoms with Crippen LogP contribution in [0.5, 0.6) is 5.75 Å². The van der Waals surface area contributed by atoms with E-state index in [1.165, 1.54) is 7.11 Å². The predicted octanol–water partition coefficient (Wildman–Crippen LogP) is 2.71. The van der Waals surface area contributed by atoms with Crippen molar-refractivity contribution in [1.82, 2.24) is 4.90 Å². The highest BCUT2D eigenvalue weighted by Gasteiger charge is 2.22. The molecule has 1 fully saturated rings. The topological polar surface area (TPSA) is 79.3 Å². The minimum absolute atomic E-state index is 0.0354. The monoisotopic (exact) mass is 432 g/mol. The number of hydrogen-bond acceptors (Lipinski definition) is 5. The van der Waals surface area contributed by atoms with E-state index in [0.29, 0.717) is 23.9 Å². The molecule has 8 heteroatoms. The third-order valence-electron chi connectivity index (χ3n) is 5.07. The summed E-state index contributed by atoms with van der Waals surface area (Å²) in [5.74, 6) is -0.497. The van der Waals surface area contributed by atoms with Gasteiger partial charge < -0.3 is 24.4 Å². The molecule has 0 saturated carbocycles. The summed E-state index contributed by atoms with van der Waals surface area (Å²) in [6.07, 6.45) is -0.619. The van der Waals surface area contributed by atoms with E-state index in [1.807, 2.05) is 24.3 Å². The fraction of sp³-hybridized carbons (Fsp3) is 0.364. The molecular formula is C22H25ClN2O5. The number of carboxylic acids is 1. The van der Waals surface area contributed by atoms with Gasteiger partial charge in [-0.2, -0.15) is 0 Å². The van der Waals surface area contributed by atoms with Crippen molar-refractivity contribution in [2.75, 3.05) is 44.8 Å². The lowest BCUT2D eigenvalue weighted by Crippen LogP contribution is -2.50. The molecule has 0 radical (unpaired) electrons. The average molecular weight is 433 g/mol. The number of anilines is 1. The molecule has 1 aliphatic heterocycles. The van der Waals surface area contributed by atoms with Crippen molar-refractivity contribution in [3.8, 4) is 5.75 Å². The Kier molecular flexibility index (Phi) is 7.54. The largest absolute Gasteiger partial charge is 0.484 e.